The van der Waals surface area contributed by atoms with Crippen molar-refractivity contribution in [1.29, 1.82) is 0 Å². The lowest BCUT2D eigenvalue weighted by atomic mass is 10.0. The molecule has 2 N–H and O–H groups in total. The highest BCUT2D eigenvalue weighted by Crippen LogP contribution is 2.60. The Morgan fingerprint density at radius 3 is 2.38 bits per heavy atom. The monoisotopic (exact) mass is 308 g/mol. The highest BCUT2D eigenvalue weighted by molar-refractivity contribution is 7.89. The summed E-state index contributed by atoms with van der Waals surface area (Å²) in [7, 11) is -3.37. The molecule has 1 aromatic carbocycles. The molecule has 0 unspecified atom stereocenters. The van der Waals surface area contributed by atoms with E-state index in [0.717, 1.165) is 24.6 Å². The topological polar surface area (TPSA) is 58.2 Å². The van der Waals surface area contributed by atoms with Crippen LogP contribution in [0.2, 0.25) is 0 Å². The third-order valence-electron chi connectivity index (χ3n) is 4.76. The van der Waals surface area contributed by atoms with Crippen LogP contribution >= 0.6 is 0 Å². The summed E-state index contributed by atoms with van der Waals surface area (Å²) in [4.78, 5) is 0.370. The molecule has 1 aromatic rings. The Labute approximate surface area is 127 Å². The van der Waals surface area contributed by atoms with Gasteiger partial charge in [-0.15, -0.1) is 0 Å². The normalized spacial score (nSPS) is 20.4. The van der Waals surface area contributed by atoms with E-state index >= 15 is 0 Å². The minimum Gasteiger partial charge on any atom is -0.313 e. The van der Waals surface area contributed by atoms with Crippen LogP contribution in [0, 0.1) is 11.3 Å². The molecule has 0 bridgehead atoms. The molecule has 4 nitrogen and oxygen atoms in total. The van der Waals surface area contributed by atoms with Gasteiger partial charge in [0.2, 0.25) is 10.0 Å². The summed E-state index contributed by atoms with van der Waals surface area (Å²) in [6.07, 6.45) is 4.92. The number of rotatable bonds is 8. The first-order valence-corrected chi connectivity index (χ1v) is 9.33. The lowest BCUT2D eigenvalue weighted by molar-refractivity contribution is 0.432. The zero-order chi connectivity index (χ0) is 14.9. The predicted octanol–water partition coefficient (Wildman–Crippen LogP) is 2.26. The van der Waals surface area contributed by atoms with Crippen LogP contribution < -0.4 is 10.0 Å². The third kappa shape index (κ3) is 3.47. The van der Waals surface area contributed by atoms with Crippen molar-refractivity contribution in [2.45, 2.75) is 44.0 Å². The summed E-state index contributed by atoms with van der Waals surface area (Å²) in [5, 5.41) is 3.23. The molecule has 2 saturated carbocycles. The number of hydrogen-bond donors (Lipinski definition) is 2. The molecule has 0 amide bonds. The second-order valence-electron chi connectivity index (χ2n) is 6.39. The van der Waals surface area contributed by atoms with Crippen LogP contribution in [0.5, 0.6) is 0 Å². The quantitative estimate of drug-likeness (QED) is 0.774. The van der Waals surface area contributed by atoms with Crippen LogP contribution in [0.1, 0.15) is 38.2 Å². The van der Waals surface area contributed by atoms with Gasteiger partial charge in [-0.3, -0.25) is 0 Å². The van der Waals surface area contributed by atoms with Gasteiger partial charge in [0.1, 0.15) is 0 Å². The molecule has 21 heavy (non-hydrogen) atoms. The predicted molar refractivity (Wildman–Crippen MR) is 83.4 cm³/mol. The van der Waals surface area contributed by atoms with E-state index in [-0.39, 0.29) is 5.41 Å². The molecule has 3 rings (SSSR count). The number of sulfonamides is 1. The maximum absolute atomic E-state index is 12.3. The molecule has 0 aromatic heterocycles. The third-order valence-corrected chi connectivity index (χ3v) is 6.18. The Hall–Kier alpha value is -0.910. The minimum absolute atomic E-state index is 0.290. The maximum Gasteiger partial charge on any atom is 0.240 e. The molecule has 2 fully saturated rings. The molecule has 0 spiro atoms. The van der Waals surface area contributed by atoms with Crippen LogP contribution in [-0.4, -0.2) is 21.5 Å². The maximum atomic E-state index is 12.3. The van der Waals surface area contributed by atoms with Crippen molar-refractivity contribution in [3.8, 4) is 0 Å². The number of hydrogen-bond acceptors (Lipinski definition) is 3. The SMILES string of the molecule is CCNCc1ccc(S(=O)(=O)NCC2(C3CC3)CC2)cc1. The Kier molecular flexibility index (Phi) is 4.08. The van der Waals surface area contributed by atoms with Crippen LogP contribution in [0.25, 0.3) is 0 Å². The van der Waals surface area contributed by atoms with Crippen molar-refractivity contribution in [3.63, 3.8) is 0 Å². The minimum atomic E-state index is -3.37. The largest absolute Gasteiger partial charge is 0.313 e. The number of benzene rings is 1. The lowest BCUT2D eigenvalue weighted by Gasteiger charge is -2.15. The molecule has 5 heteroatoms. The van der Waals surface area contributed by atoms with Crippen molar-refractivity contribution in [2.24, 2.45) is 11.3 Å². The first-order valence-electron chi connectivity index (χ1n) is 7.85. The molecule has 0 atom stereocenters. The molecule has 0 heterocycles. The molecule has 0 saturated heterocycles. The van der Waals surface area contributed by atoms with Crippen LogP contribution in [0.4, 0.5) is 0 Å². The Balaban J connectivity index is 1.61. The van der Waals surface area contributed by atoms with E-state index in [9.17, 15) is 8.42 Å². The van der Waals surface area contributed by atoms with Gasteiger partial charge in [0.25, 0.3) is 0 Å². The van der Waals surface area contributed by atoms with E-state index < -0.39 is 10.0 Å². The van der Waals surface area contributed by atoms with Gasteiger partial charge in [-0.05, 0) is 61.3 Å². The molecular weight excluding hydrogens is 284 g/mol. The fourth-order valence-corrected chi connectivity index (χ4v) is 4.10. The molecule has 2 aliphatic rings. The zero-order valence-electron chi connectivity index (χ0n) is 12.6. The first-order chi connectivity index (χ1) is 10.1. The van der Waals surface area contributed by atoms with Gasteiger partial charge in [-0.1, -0.05) is 19.1 Å². The average Bonchev–Trinajstić information content (AvgIpc) is 3.36. The lowest BCUT2D eigenvalue weighted by Crippen LogP contribution is -2.31. The van der Waals surface area contributed by atoms with Crippen LogP contribution in [0.15, 0.2) is 29.2 Å². The van der Waals surface area contributed by atoms with Gasteiger partial charge in [-0.25, -0.2) is 13.1 Å². The summed E-state index contributed by atoms with van der Waals surface area (Å²) in [5.74, 6) is 0.766. The van der Waals surface area contributed by atoms with E-state index in [0.29, 0.717) is 11.4 Å². The van der Waals surface area contributed by atoms with Crippen molar-refractivity contribution < 1.29 is 8.42 Å². The molecule has 2 aliphatic carbocycles. The molecule has 116 valence electrons. The van der Waals surface area contributed by atoms with Crippen molar-refractivity contribution in [2.75, 3.05) is 13.1 Å². The first kappa shape index (κ1) is 15.0. The second-order valence-corrected chi connectivity index (χ2v) is 8.15. The van der Waals surface area contributed by atoms with E-state index in [2.05, 4.69) is 17.0 Å². The smallest absolute Gasteiger partial charge is 0.240 e. The molecule has 0 radical (unpaired) electrons. The van der Waals surface area contributed by atoms with E-state index in [1.165, 1.54) is 25.7 Å². The number of nitrogens with one attached hydrogen (secondary N) is 2. The molecular formula is C16H24N2O2S. The fraction of sp³-hybridized carbons (Fsp3) is 0.625. The summed E-state index contributed by atoms with van der Waals surface area (Å²) in [6, 6.07) is 7.16. The summed E-state index contributed by atoms with van der Waals surface area (Å²) in [6.45, 7) is 4.34. The zero-order valence-corrected chi connectivity index (χ0v) is 13.4. The standard InChI is InChI=1S/C16H24N2O2S/c1-2-17-11-13-3-7-15(8-4-13)21(19,20)18-12-16(9-10-16)14-5-6-14/h3-4,7-8,14,17-18H,2,5-6,9-12H2,1H3. The van der Waals surface area contributed by atoms with Gasteiger partial charge < -0.3 is 5.32 Å². The van der Waals surface area contributed by atoms with Crippen molar-refractivity contribution in [1.82, 2.24) is 10.0 Å². The summed E-state index contributed by atoms with van der Waals surface area (Å²) >= 11 is 0. The van der Waals surface area contributed by atoms with Gasteiger partial charge in [0.05, 0.1) is 4.90 Å². The fourth-order valence-electron chi connectivity index (χ4n) is 2.96. The highest BCUT2D eigenvalue weighted by atomic mass is 32.2. The van der Waals surface area contributed by atoms with Crippen LogP contribution in [0.3, 0.4) is 0 Å². The van der Waals surface area contributed by atoms with Gasteiger partial charge in [-0.2, -0.15) is 0 Å². The highest BCUT2D eigenvalue weighted by Gasteiger charge is 2.53. The Morgan fingerprint density at radius 1 is 1.19 bits per heavy atom. The van der Waals surface area contributed by atoms with E-state index in [4.69, 9.17) is 0 Å². The van der Waals surface area contributed by atoms with Crippen molar-refractivity contribution >= 4 is 10.0 Å². The Morgan fingerprint density at radius 2 is 1.86 bits per heavy atom. The van der Waals surface area contributed by atoms with E-state index in [1.54, 1.807) is 12.1 Å². The Bertz CT molecular complexity index is 587. The van der Waals surface area contributed by atoms with Crippen molar-refractivity contribution in [3.05, 3.63) is 29.8 Å². The molecule has 0 aliphatic heterocycles. The van der Waals surface area contributed by atoms with Gasteiger partial charge in [0, 0.05) is 13.1 Å². The van der Waals surface area contributed by atoms with E-state index in [1.807, 2.05) is 12.1 Å². The average molecular weight is 308 g/mol. The van der Waals surface area contributed by atoms with Gasteiger partial charge in [0.15, 0.2) is 0 Å². The van der Waals surface area contributed by atoms with Crippen LogP contribution in [-0.2, 0) is 16.6 Å². The summed E-state index contributed by atoms with van der Waals surface area (Å²) < 4.78 is 27.5. The second kappa shape index (κ2) is 5.71. The summed E-state index contributed by atoms with van der Waals surface area (Å²) in [5.41, 5.74) is 1.39. The van der Waals surface area contributed by atoms with Gasteiger partial charge >= 0.3 is 0 Å².